The van der Waals surface area contributed by atoms with E-state index in [1.165, 1.54) is 13.8 Å². The number of alkyl halides is 4. The first kappa shape index (κ1) is 21.0. The van der Waals surface area contributed by atoms with Crippen molar-refractivity contribution in [2.24, 2.45) is 0 Å². The van der Waals surface area contributed by atoms with Crippen molar-refractivity contribution in [2.45, 2.75) is 25.1 Å². The molecule has 0 N–H and O–H groups in total. The fourth-order valence-electron chi connectivity index (χ4n) is 1.53. The molecular formula is C9H19F4O6PSi. The molecule has 0 aliphatic rings. The van der Waals surface area contributed by atoms with Gasteiger partial charge in [-0.15, -0.1) is 0 Å². The average Bonchev–Trinajstić information content (AvgIpc) is 2.41. The van der Waals surface area contributed by atoms with Crippen molar-refractivity contribution >= 4 is 16.4 Å². The van der Waals surface area contributed by atoms with Gasteiger partial charge in [-0.1, -0.05) is 0 Å². The Labute approximate surface area is 121 Å². The Hall–Kier alpha value is -0.0331. The Morgan fingerprint density at radius 2 is 1.24 bits per heavy atom. The van der Waals surface area contributed by atoms with Crippen LogP contribution < -0.4 is 0 Å². The van der Waals surface area contributed by atoms with Crippen molar-refractivity contribution in [1.29, 1.82) is 0 Å². The standard InChI is InChI=1S/C9H19F4O6PSi/c1-6-18-20(14,19-7-2)8(10,11)9(12,13)21(15-3,16-4)17-5/h6-7H2,1-5H3. The normalized spacial score (nSPS) is 14.5. The van der Waals surface area contributed by atoms with E-state index in [1.807, 2.05) is 0 Å². The van der Waals surface area contributed by atoms with E-state index in [2.05, 4.69) is 22.3 Å². The van der Waals surface area contributed by atoms with Crippen LogP contribution in [-0.4, -0.2) is 54.6 Å². The van der Waals surface area contributed by atoms with E-state index in [9.17, 15) is 22.1 Å². The van der Waals surface area contributed by atoms with E-state index >= 15 is 0 Å². The zero-order valence-corrected chi connectivity index (χ0v) is 14.2. The molecule has 0 saturated carbocycles. The molecule has 0 aromatic heterocycles. The van der Waals surface area contributed by atoms with Crippen molar-refractivity contribution in [1.82, 2.24) is 0 Å². The summed E-state index contributed by atoms with van der Waals surface area (Å²) in [5.41, 5.74) is -10.2. The lowest BCUT2D eigenvalue weighted by Crippen LogP contribution is -2.66. The van der Waals surface area contributed by atoms with Crippen LogP contribution in [0.3, 0.4) is 0 Å². The molecule has 0 rings (SSSR count). The maximum Gasteiger partial charge on any atom is 0.582 e. The van der Waals surface area contributed by atoms with E-state index in [1.54, 1.807) is 0 Å². The molecule has 0 amide bonds. The zero-order chi connectivity index (χ0) is 16.9. The van der Waals surface area contributed by atoms with Gasteiger partial charge in [0.25, 0.3) is 0 Å². The Morgan fingerprint density at radius 3 is 1.48 bits per heavy atom. The van der Waals surface area contributed by atoms with Crippen LogP contribution in [0.5, 0.6) is 0 Å². The summed E-state index contributed by atoms with van der Waals surface area (Å²) in [7, 11) is -8.44. The third-order valence-corrected chi connectivity index (χ3v) is 7.58. The molecule has 6 nitrogen and oxygen atoms in total. The molecule has 21 heavy (non-hydrogen) atoms. The molecule has 0 fully saturated rings. The van der Waals surface area contributed by atoms with Crippen LogP contribution in [0.15, 0.2) is 0 Å². The van der Waals surface area contributed by atoms with Gasteiger partial charge in [0, 0.05) is 21.3 Å². The first-order valence-corrected chi connectivity index (χ1v) is 9.12. The van der Waals surface area contributed by atoms with Crippen molar-refractivity contribution in [2.75, 3.05) is 34.5 Å². The highest BCUT2D eigenvalue weighted by molar-refractivity contribution is 7.55. The average molecular weight is 358 g/mol. The van der Waals surface area contributed by atoms with E-state index in [-0.39, 0.29) is 0 Å². The fourth-order valence-corrected chi connectivity index (χ4v) is 5.41. The second-order valence-corrected chi connectivity index (χ2v) is 8.66. The number of hydrogen-bond donors (Lipinski definition) is 0. The van der Waals surface area contributed by atoms with E-state index in [0.29, 0.717) is 0 Å². The van der Waals surface area contributed by atoms with Gasteiger partial charge in [0.1, 0.15) is 0 Å². The van der Waals surface area contributed by atoms with Crippen LogP contribution in [0.2, 0.25) is 0 Å². The summed E-state index contributed by atoms with van der Waals surface area (Å²) < 4.78 is 90.7. The molecule has 0 radical (unpaired) electrons. The summed E-state index contributed by atoms with van der Waals surface area (Å²) in [5, 5.41) is 0. The minimum absolute atomic E-state index is 0.509. The lowest BCUT2D eigenvalue weighted by atomic mass is 10.7. The number of hydrogen-bond acceptors (Lipinski definition) is 6. The summed E-state index contributed by atoms with van der Waals surface area (Å²) in [4.78, 5) is 0. The minimum Gasteiger partial charge on any atom is -0.373 e. The third-order valence-electron chi connectivity index (χ3n) is 2.51. The fraction of sp³-hybridized carbons (Fsp3) is 1.00. The quantitative estimate of drug-likeness (QED) is 0.340. The highest BCUT2D eigenvalue weighted by Crippen LogP contribution is 2.68. The van der Waals surface area contributed by atoms with Crippen LogP contribution >= 0.6 is 7.60 Å². The molecule has 12 heteroatoms. The smallest absolute Gasteiger partial charge is 0.373 e. The van der Waals surface area contributed by atoms with Gasteiger partial charge in [-0.3, -0.25) is 4.57 Å². The van der Waals surface area contributed by atoms with Crippen molar-refractivity contribution in [3.05, 3.63) is 0 Å². The van der Waals surface area contributed by atoms with Crippen molar-refractivity contribution in [3.63, 3.8) is 0 Å². The minimum atomic E-state index is -5.47. The van der Waals surface area contributed by atoms with Crippen LogP contribution in [-0.2, 0) is 26.9 Å². The van der Waals surface area contributed by atoms with Gasteiger partial charge in [-0.25, -0.2) is 0 Å². The highest BCUT2D eigenvalue weighted by Gasteiger charge is 2.83. The van der Waals surface area contributed by atoms with Gasteiger partial charge in [0.05, 0.1) is 13.2 Å². The molecule has 0 bridgehead atoms. The van der Waals surface area contributed by atoms with Crippen LogP contribution in [0.1, 0.15) is 13.8 Å². The van der Waals surface area contributed by atoms with E-state index in [4.69, 9.17) is 0 Å². The molecule has 0 atom stereocenters. The molecule has 0 aliphatic carbocycles. The Kier molecular flexibility index (Phi) is 7.48. The Morgan fingerprint density at radius 1 is 0.905 bits per heavy atom. The summed E-state index contributed by atoms with van der Waals surface area (Å²) in [6.07, 6.45) is 0. The predicted octanol–water partition coefficient (Wildman–Crippen LogP) is 2.90. The van der Waals surface area contributed by atoms with Gasteiger partial charge in [0.2, 0.25) is 0 Å². The zero-order valence-electron chi connectivity index (χ0n) is 12.3. The second kappa shape index (κ2) is 7.49. The van der Waals surface area contributed by atoms with Crippen molar-refractivity contribution in [3.8, 4) is 0 Å². The van der Waals surface area contributed by atoms with E-state index < -0.39 is 40.8 Å². The number of halogens is 4. The molecule has 0 aliphatic heterocycles. The topological polar surface area (TPSA) is 63.2 Å². The lowest BCUT2D eigenvalue weighted by Gasteiger charge is -2.38. The summed E-state index contributed by atoms with van der Waals surface area (Å²) >= 11 is 0. The van der Waals surface area contributed by atoms with Gasteiger partial charge >= 0.3 is 27.6 Å². The molecule has 0 spiro atoms. The molecule has 0 aromatic carbocycles. The lowest BCUT2D eigenvalue weighted by molar-refractivity contribution is -0.160. The second-order valence-electron chi connectivity index (χ2n) is 3.62. The first-order chi connectivity index (χ1) is 9.55. The van der Waals surface area contributed by atoms with Gasteiger partial charge < -0.3 is 22.3 Å². The summed E-state index contributed by atoms with van der Waals surface area (Å²) in [5.74, 6) is 0. The Bertz CT molecular complexity index is 361. The van der Waals surface area contributed by atoms with E-state index in [0.717, 1.165) is 21.3 Å². The monoisotopic (exact) mass is 358 g/mol. The first-order valence-electron chi connectivity index (χ1n) is 5.86. The SMILES string of the molecule is CCOP(=O)(OCC)C(F)(F)C(F)(F)[Si](OC)(OC)OC. The largest absolute Gasteiger partial charge is 0.582 e. The maximum atomic E-state index is 14.3. The van der Waals surface area contributed by atoms with Crippen LogP contribution in [0.25, 0.3) is 0 Å². The maximum absolute atomic E-state index is 14.3. The van der Waals surface area contributed by atoms with Crippen LogP contribution in [0, 0.1) is 0 Å². The Balaban J connectivity index is 5.98. The molecule has 0 saturated heterocycles. The van der Waals surface area contributed by atoms with Crippen molar-refractivity contribution < 1.29 is 44.5 Å². The molecule has 0 unspecified atom stereocenters. The van der Waals surface area contributed by atoms with Gasteiger partial charge in [-0.2, -0.15) is 17.6 Å². The summed E-state index contributed by atoms with van der Waals surface area (Å²) in [6, 6.07) is 0. The van der Waals surface area contributed by atoms with Gasteiger partial charge in [-0.05, 0) is 13.8 Å². The highest BCUT2D eigenvalue weighted by atomic mass is 31.2. The molecule has 0 aromatic rings. The molecule has 128 valence electrons. The molecule has 0 heterocycles. The van der Waals surface area contributed by atoms with Crippen LogP contribution in [0.4, 0.5) is 17.6 Å². The predicted molar refractivity (Wildman–Crippen MR) is 67.5 cm³/mol. The third kappa shape index (κ3) is 3.33. The van der Waals surface area contributed by atoms with Gasteiger partial charge in [0.15, 0.2) is 0 Å². The summed E-state index contributed by atoms with van der Waals surface area (Å²) in [6.45, 7) is 1.41. The number of rotatable bonds is 10. The molecular weight excluding hydrogens is 339 g/mol.